The van der Waals surface area contributed by atoms with Gasteiger partial charge in [-0.15, -0.1) is 0 Å². The van der Waals surface area contributed by atoms with E-state index in [1.54, 1.807) is 7.11 Å². The molecule has 0 aliphatic carbocycles. The first-order valence-corrected chi connectivity index (χ1v) is 7.64. The maximum Gasteiger partial charge on any atom is 0.0948 e. The van der Waals surface area contributed by atoms with Crippen LogP contribution in [0.15, 0.2) is 12.5 Å². The standard InChI is InChI=1S/C15H30N4O/c1-5-7-18-12-17-11-15(18)14(10-16)19(8-9-20-4)13(3)6-2/h11-14H,5-10,16H2,1-4H3. The third-order valence-electron chi connectivity index (χ3n) is 3.88. The van der Waals surface area contributed by atoms with Gasteiger partial charge in [0, 0.05) is 39.0 Å². The normalized spacial score (nSPS) is 14.7. The van der Waals surface area contributed by atoms with E-state index in [0.29, 0.717) is 12.6 Å². The molecule has 1 rings (SSSR count). The first-order valence-electron chi connectivity index (χ1n) is 7.64. The highest BCUT2D eigenvalue weighted by atomic mass is 16.5. The van der Waals surface area contributed by atoms with Crippen molar-refractivity contribution in [1.29, 1.82) is 0 Å². The minimum Gasteiger partial charge on any atom is -0.383 e. The van der Waals surface area contributed by atoms with E-state index in [0.717, 1.165) is 32.5 Å². The Hall–Kier alpha value is -0.910. The largest absolute Gasteiger partial charge is 0.383 e. The molecular weight excluding hydrogens is 252 g/mol. The van der Waals surface area contributed by atoms with Gasteiger partial charge in [-0.05, 0) is 19.8 Å². The molecule has 5 nitrogen and oxygen atoms in total. The third-order valence-corrected chi connectivity index (χ3v) is 3.88. The van der Waals surface area contributed by atoms with Gasteiger partial charge in [-0.1, -0.05) is 13.8 Å². The quantitative estimate of drug-likeness (QED) is 0.713. The average Bonchev–Trinajstić information content (AvgIpc) is 2.91. The lowest BCUT2D eigenvalue weighted by Crippen LogP contribution is -2.42. The number of hydrogen-bond donors (Lipinski definition) is 1. The third kappa shape index (κ3) is 4.30. The lowest BCUT2D eigenvalue weighted by Gasteiger charge is -2.35. The molecule has 0 spiro atoms. The molecular formula is C15H30N4O. The summed E-state index contributed by atoms with van der Waals surface area (Å²) in [6.45, 7) is 9.85. The Balaban J connectivity index is 2.95. The van der Waals surface area contributed by atoms with E-state index in [2.05, 4.69) is 35.2 Å². The van der Waals surface area contributed by atoms with E-state index in [1.165, 1.54) is 5.69 Å². The summed E-state index contributed by atoms with van der Waals surface area (Å²) in [5.74, 6) is 0. The Bertz CT molecular complexity index is 367. The zero-order valence-corrected chi connectivity index (χ0v) is 13.4. The molecule has 0 saturated carbocycles. The Morgan fingerprint density at radius 3 is 2.75 bits per heavy atom. The van der Waals surface area contributed by atoms with Gasteiger partial charge in [0.15, 0.2) is 0 Å². The van der Waals surface area contributed by atoms with Crippen molar-refractivity contribution in [2.75, 3.05) is 26.8 Å². The molecule has 0 amide bonds. The van der Waals surface area contributed by atoms with Crippen molar-refractivity contribution in [3.05, 3.63) is 18.2 Å². The molecule has 2 atom stereocenters. The van der Waals surface area contributed by atoms with E-state index in [-0.39, 0.29) is 6.04 Å². The number of methoxy groups -OCH3 is 1. The summed E-state index contributed by atoms with van der Waals surface area (Å²) in [7, 11) is 1.74. The molecule has 116 valence electrons. The van der Waals surface area contributed by atoms with Gasteiger partial charge in [0.2, 0.25) is 0 Å². The van der Waals surface area contributed by atoms with Crippen molar-refractivity contribution in [2.45, 2.75) is 52.2 Å². The number of nitrogens with two attached hydrogens (primary N) is 1. The molecule has 1 aromatic rings. The van der Waals surface area contributed by atoms with Crippen LogP contribution >= 0.6 is 0 Å². The molecule has 0 radical (unpaired) electrons. The second kappa shape index (κ2) is 9.10. The number of ether oxygens (including phenoxy) is 1. The molecule has 1 aromatic heterocycles. The monoisotopic (exact) mass is 282 g/mol. The number of aromatic nitrogens is 2. The Kier molecular flexibility index (Phi) is 7.80. The van der Waals surface area contributed by atoms with Gasteiger partial charge in [-0.2, -0.15) is 0 Å². The van der Waals surface area contributed by atoms with Gasteiger partial charge in [0.05, 0.1) is 24.7 Å². The van der Waals surface area contributed by atoms with Crippen LogP contribution in [0.3, 0.4) is 0 Å². The molecule has 0 saturated heterocycles. The smallest absolute Gasteiger partial charge is 0.0948 e. The van der Waals surface area contributed by atoms with Crippen molar-refractivity contribution in [3.8, 4) is 0 Å². The fraction of sp³-hybridized carbons (Fsp3) is 0.800. The van der Waals surface area contributed by atoms with Crippen molar-refractivity contribution < 1.29 is 4.74 Å². The van der Waals surface area contributed by atoms with Crippen molar-refractivity contribution in [2.24, 2.45) is 5.73 Å². The highest BCUT2D eigenvalue weighted by Gasteiger charge is 2.25. The minimum absolute atomic E-state index is 0.203. The van der Waals surface area contributed by atoms with Crippen LogP contribution in [0.1, 0.15) is 45.3 Å². The average molecular weight is 282 g/mol. The van der Waals surface area contributed by atoms with Crippen molar-refractivity contribution >= 4 is 0 Å². The summed E-state index contributed by atoms with van der Waals surface area (Å²) in [6, 6.07) is 0.679. The summed E-state index contributed by atoms with van der Waals surface area (Å²) in [5, 5.41) is 0. The van der Waals surface area contributed by atoms with E-state index in [4.69, 9.17) is 10.5 Å². The zero-order valence-electron chi connectivity index (χ0n) is 13.4. The van der Waals surface area contributed by atoms with Gasteiger partial charge in [0.1, 0.15) is 0 Å². The van der Waals surface area contributed by atoms with Crippen LogP contribution < -0.4 is 5.73 Å². The van der Waals surface area contributed by atoms with Crippen LogP contribution in [0.4, 0.5) is 0 Å². The molecule has 0 aliphatic heterocycles. The summed E-state index contributed by atoms with van der Waals surface area (Å²) >= 11 is 0. The second-order valence-corrected chi connectivity index (χ2v) is 5.25. The highest BCUT2D eigenvalue weighted by molar-refractivity contribution is 5.07. The van der Waals surface area contributed by atoms with E-state index < -0.39 is 0 Å². The van der Waals surface area contributed by atoms with Gasteiger partial charge in [-0.3, -0.25) is 4.90 Å². The van der Waals surface area contributed by atoms with Crippen molar-refractivity contribution in [1.82, 2.24) is 14.5 Å². The topological polar surface area (TPSA) is 56.3 Å². The fourth-order valence-corrected chi connectivity index (χ4v) is 2.58. The van der Waals surface area contributed by atoms with Gasteiger partial charge in [0.25, 0.3) is 0 Å². The lowest BCUT2D eigenvalue weighted by molar-refractivity contribution is 0.0872. The zero-order chi connectivity index (χ0) is 15.0. The predicted octanol–water partition coefficient (Wildman–Crippen LogP) is 2.04. The van der Waals surface area contributed by atoms with E-state index >= 15 is 0 Å². The first-order chi connectivity index (χ1) is 9.69. The Morgan fingerprint density at radius 1 is 1.45 bits per heavy atom. The number of aryl methyl sites for hydroxylation is 1. The van der Waals surface area contributed by atoms with Crippen molar-refractivity contribution in [3.63, 3.8) is 0 Å². The number of nitrogens with zero attached hydrogens (tertiary/aromatic N) is 3. The van der Waals surface area contributed by atoms with Gasteiger partial charge < -0.3 is 15.0 Å². The summed E-state index contributed by atoms with van der Waals surface area (Å²) in [6.07, 6.45) is 6.06. The molecule has 20 heavy (non-hydrogen) atoms. The maximum atomic E-state index is 6.07. The van der Waals surface area contributed by atoms with Gasteiger partial charge >= 0.3 is 0 Å². The molecule has 2 N–H and O–H groups in total. The first kappa shape index (κ1) is 17.1. The van der Waals surface area contributed by atoms with Crippen LogP contribution in [0.2, 0.25) is 0 Å². The summed E-state index contributed by atoms with van der Waals surface area (Å²) in [5.41, 5.74) is 7.28. The lowest BCUT2D eigenvalue weighted by atomic mass is 10.1. The number of rotatable bonds is 10. The molecule has 0 aromatic carbocycles. The fourth-order valence-electron chi connectivity index (χ4n) is 2.58. The minimum atomic E-state index is 0.203. The van der Waals surface area contributed by atoms with Crippen LogP contribution in [-0.2, 0) is 11.3 Å². The predicted molar refractivity (Wildman–Crippen MR) is 82.6 cm³/mol. The Morgan fingerprint density at radius 2 is 2.20 bits per heavy atom. The summed E-state index contributed by atoms with van der Waals surface area (Å²) in [4.78, 5) is 6.74. The number of imidazole rings is 1. The molecule has 1 heterocycles. The molecule has 0 bridgehead atoms. The molecule has 2 unspecified atom stereocenters. The van der Waals surface area contributed by atoms with E-state index in [9.17, 15) is 0 Å². The van der Waals surface area contributed by atoms with Crippen LogP contribution in [0.25, 0.3) is 0 Å². The SMILES string of the molecule is CCCn1cncc1C(CN)N(CCOC)C(C)CC. The van der Waals surface area contributed by atoms with Crippen LogP contribution in [0, 0.1) is 0 Å². The highest BCUT2D eigenvalue weighted by Crippen LogP contribution is 2.23. The number of hydrogen-bond acceptors (Lipinski definition) is 4. The maximum absolute atomic E-state index is 6.07. The van der Waals surface area contributed by atoms with Gasteiger partial charge in [-0.25, -0.2) is 4.98 Å². The van der Waals surface area contributed by atoms with Crippen LogP contribution in [0.5, 0.6) is 0 Å². The van der Waals surface area contributed by atoms with E-state index in [1.807, 2.05) is 12.5 Å². The second-order valence-electron chi connectivity index (χ2n) is 5.25. The molecule has 5 heteroatoms. The van der Waals surface area contributed by atoms with Crippen LogP contribution in [-0.4, -0.2) is 47.3 Å². The summed E-state index contributed by atoms with van der Waals surface area (Å²) < 4.78 is 7.47. The Labute approximate surface area is 123 Å². The molecule has 0 fully saturated rings. The molecule has 0 aliphatic rings.